The van der Waals surface area contributed by atoms with E-state index in [1.807, 2.05) is 0 Å². The molecular formula is C10H14O4S. The van der Waals surface area contributed by atoms with Crippen LogP contribution in [0.15, 0.2) is 35.2 Å². The molecule has 0 bridgehead atoms. The summed E-state index contributed by atoms with van der Waals surface area (Å²) in [6, 6.07) is 7.85. The Morgan fingerprint density at radius 3 is 2.20 bits per heavy atom. The van der Waals surface area contributed by atoms with Crippen LogP contribution in [-0.4, -0.2) is 25.7 Å². The first-order valence-corrected chi connectivity index (χ1v) is 6.00. The third-order valence-electron chi connectivity index (χ3n) is 1.99. The number of benzene rings is 1. The van der Waals surface area contributed by atoms with Crippen molar-refractivity contribution in [2.45, 2.75) is 31.0 Å². The van der Waals surface area contributed by atoms with Crippen LogP contribution in [0.25, 0.3) is 0 Å². The predicted octanol–water partition coefficient (Wildman–Crippen LogP) is 1.16. The Morgan fingerprint density at radius 1 is 1.20 bits per heavy atom. The molecule has 84 valence electrons. The fraction of sp³-hybridized carbons (Fsp3) is 0.400. The number of aliphatic hydroxyl groups excluding tert-OH is 1. The van der Waals surface area contributed by atoms with Crippen LogP contribution >= 0.6 is 0 Å². The van der Waals surface area contributed by atoms with Crippen molar-refractivity contribution < 1.29 is 17.7 Å². The number of hydrogen-bond donors (Lipinski definition) is 1. The first-order valence-electron chi connectivity index (χ1n) is 4.60. The lowest BCUT2D eigenvalue weighted by atomic mass is 10.3. The van der Waals surface area contributed by atoms with E-state index in [9.17, 15) is 8.42 Å². The lowest BCUT2D eigenvalue weighted by Crippen LogP contribution is -2.26. The van der Waals surface area contributed by atoms with E-state index in [-0.39, 0.29) is 4.90 Å². The molecule has 2 atom stereocenters. The molecule has 0 saturated heterocycles. The SMILES string of the molecule is C[C@H](O)[C@@H](C)OS(=O)(=O)c1ccccc1. The van der Waals surface area contributed by atoms with Crippen LogP contribution in [-0.2, 0) is 14.3 Å². The number of aliphatic hydroxyl groups is 1. The molecule has 1 rings (SSSR count). The molecule has 15 heavy (non-hydrogen) atoms. The molecule has 1 aromatic rings. The van der Waals surface area contributed by atoms with Crippen LogP contribution in [0.3, 0.4) is 0 Å². The van der Waals surface area contributed by atoms with Crippen molar-refractivity contribution >= 4 is 10.1 Å². The lowest BCUT2D eigenvalue weighted by molar-refractivity contribution is 0.0646. The van der Waals surface area contributed by atoms with Gasteiger partial charge in [0.05, 0.1) is 11.0 Å². The molecule has 0 radical (unpaired) electrons. The van der Waals surface area contributed by atoms with Gasteiger partial charge in [-0.25, -0.2) is 0 Å². The van der Waals surface area contributed by atoms with Gasteiger partial charge >= 0.3 is 0 Å². The van der Waals surface area contributed by atoms with Crippen molar-refractivity contribution in [3.05, 3.63) is 30.3 Å². The second-order valence-corrected chi connectivity index (χ2v) is 4.88. The molecule has 0 aliphatic carbocycles. The van der Waals surface area contributed by atoms with Gasteiger partial charge in [0.1, 0.15) is 6.10 Å². The van der Waals surface area contributed by atoms with Gasteiger partial charge in [0.15, 0.2) is 0 Å². The third-order valence-corrected chi connectivity index (χ3v) is 3.40. The Bertz CT molecular complexity index is 397. The minimum atomic E-state index is -3.76. The average molecular weight is 230 g/mol. The zero-order valence-corrected chi connectivity index (χ0v) is 9.44. The van der Waals surface area contributed by atoms with Gasteiger partial charge in [-0.15, -0.1) is 0 Å². The molecule has 0 unspecified atom stereocenters. The molecule has 0 amide bonds. The van der Waals surface area contributed by atoms with Crippen LogP contribution in [0.5, 0.6) is 0 Å². The Hall–Kier alpha value is -0.910. The second kappa shape index (κ2) is 4.74. The first-order chi connectivity index (χ1) is 6.93. The minimum absolute atomic E-state index is 0.0949. The minimum Gasteiger partial charge on any atom is -0.391 e. The molecule has 5 heteroatoms. The molecule has 1 N–H and O–H groups in total. The molecule has 0 fully saturated rings. The Labute approximate surface area is 89.6 Å². The van der Waals surface area contributed by atoms with Crippen molar-refractivity contribution in [2.75, 3.05) is 0 Å². The monoisotopic (exact) mass is 230 g/mol. The summed E-state index contributed by atoms with van der Waals surface area (Å²) in [5, 5.41) is 9.14. The topological polar surface area (TPSA) is 63.6 Å². The van der Waals surface area contributed by atoms with Gasteiger partial charge in [-0.05, 0) is 26.0 Å². The molecule has 0 saturated carbocycles. The normalized spacial score (nSPS) is 15.9. The zero-order chi connectivity index (χ0) is 11.5. The Kier molecular flexibility index (Phi) is 3.84. The highest BCUT2D eigenvalue weighted by atomic mass is 32.2. The Balaban J connectivity index is 2.86. The molecule has 0 aromatic heterocycles. The molecule has 0 aliphatic rings. The van der Waals surface area contributed by atoms with E-state index in [2.05, 4.69) is 0 Å². The van der Waals surface area contributed by atoms with E-state index in [1.165, 1.54) is 26.0 Å². The maximum absolute atomic E-state index is 11.6. The van der Waals surface area contributed by atoms with Gasteiger partial charge in [0.2, 0.25) is 0 Å². The quantitative estimate of drug-likeness (QED) is 0.788. The van der Waals surface area contributed by atoms with E-state index in [1.54, 1.807) is 18.2 Å². The summed E-state index contributed by atoms with van der Waals surface area (Å²) in [5.74, 6) is 0. The van der Waals surface area contributed by atoms with Gasteiger partial charge < -0.3 is 5.11 Å². The third kappa shape index (κ3) is 3.30. The molecule has 0 aliphatic heterocycles. The summed E-state index contributed by atoms with van der Waals surface area (Å²) in [6.07, 6.45) is -1.58. The van der Waals surface area contributed by atoms with Crippen molar-refractivity contribution in [3.63, 3.8) is 0 Å². The van der Waals surface area contributed by atoms with Crippen LogP contribution < -0.4 is 0 Å². The fourth-order valence-electron chi connectivity index (χ4n) is 0.923. The van der Waals surface area contributed by atoms with Gasteiger partial charge in [-0.1, -0.05) is 18.2 Å². The zero-order valence-electron chi connectivity index (χ0n) is 8.62. The number of hydrogen-bond acceptors (Lipinski definition) is 4. The van der Waals surface area contributed by atoms with Crippen LogP contribution in [0.1, 0.15) is 13.8 Å². The van der Waals surface area contributed by atoms with E-state index in [0.29, 0.717) is 0 Å². The predicted molar refractivity (Wildman–Crippen MR) is 55.9 cm³/mol. The fourth-order valence-corrected chi connectivity index (χ4v) is 2.08. The van der Waals surface area contributed by atoms with E-state index in [0.717, 1.165) is 0 Å². The molecule has 4 nitrogen and oxygen atoms in total. The summed E-state index contributed by atoms with van der Waals surface area (Å²) >= 11 is 0. The van der Waals surface area contributed by atoms with Gasteiger partial charge in [0, 0.05) is 0 Å². The molecular weight excluding hydrogens is 216 g/mol. The molecule has 0 heterocycles. The highest BCUT2D eigenvalue weighted by Gasteiger charge is 2.21. The summed E-state index contributed by atoms with van der Waals surface area (Å²) in [4.78, 5) is 0.0949. The van der Waals surface area contributed by atoms with Crippen molar-refractivity contribution in [3.8, 4) is 0 Å². The largest absolute Gasteiger partial charge is 0.391 e. The smallest absolute Gasteiger partial charge is 0.297 e. The molecule has 1 aromatic carbocycles. The van der Waals surface area contributed by atoms with Crippen molar-refractivity contribution in [2.24, 2.45) is 0 Å². The highest BCUT2D eigenvalue weighted by Crippen LogP contribution is 2.14. The summed E-state index contributed by atoms with van der Waals surface area (Å²) in [7, 11) is -3.76. The van der Waals surface area contributed by atoms with Gasteiger partial charge in [-0.3, -0.25) is 4.18 Å². The van der Waals surface area contributed by atoms with Gasteiger partial charge in [0.25, 0.3) is 10.1 Å². The van der Waals surface area contributed by atoms with Crippen LogP contribution in [0.2, 0.25) is 0 Å². The van der Waals surface area contributed by atoms with Crippen molar-refractivity contribution in [1.29, 1.82) is 0 Å². The standard InChI is InChI=1S/C10H14O4S/c1-8(11)9(2)14-15(12,13)10-6-4-3-5-7-10/h3-9,11H,1-2H3/t8-,9+/m0/s1. The van der Waals surface area contributed by atoms with Crippen molar-refractivity contribution in [1.82, 2.24) is 0 Å². The van der Waals surface area contributed by atoms with E-state index in [4.69, 9.17) is 9.29 Å². The van der Waals surface area contributed by atoms with E-state index < -0.39 is 22.3 Å². The highest BCUT2D eigenvalue weighted by molar-refractivity contribution is 7.86. The first kappa shape index (κ1) is 12.2. The van der Waals surface area contributed by atoms with E-state index >= 15 is 0 Å². The Morgan fingerprint density at radius 2 is 1.73 bits per heavy atom. The summed E-state index contributed by atoms with van der Waals surface area (Å²) in [6.45, 7) is 2.98. The maximum Gasteiger partial charge on any atom is 0.297 e. The summed E-state index contributed by atoms with van der Waals surface area (Å²) < 4.78 is 28.0. The average Bonchev–Trinajstić information content (AvgIpc) is 2.18. The lowest BCUT2D eigenvalue weighted by Gasteiger charge is -2.15. The van der Waals surface area contributed by atoms with Crippen LogP contribution in [0.4, 0.5) is 0 Å². The van der Waals surface area contributed by atoms with Crippen LogP contribution in [0, 0.1) is 0 Å². The van der Waals surface area contributed by atoms with Gasteiger partial charge in [-0.2, -0.15) is 8.42 Å². The molecule has 0 spiro atoms. The second-order valence-electron chi connectivity index (χ2n) is 3.31. The number of rotatable bonds is 4. The maximum atomic E-state index is 11.6. The summed E-state index contributed by atoms with van der Waals surface area (Å²) in [5.41, 5.74) is 0.